The molecule has 0 saturated heterocycles. The number of aliphatic carboxylic acids is 1. The predicted molar refractivity (Wildman–Crippen MR) is 137 cm³/mol. The Morgan fingerprint density at radius 3 is 1.95 bits per heavy atom. The average molecular weight is 537 g/mol. The van der Waals surface area contributed by atoms with Gasteiger partial charge in [0.1, 0.15) is 23.9 Å². The molecule has 0 saturated carbocycles. The van der Waals surface area contributed by atoms with Crippen molar-refractivity contribution in [3.05, 3.63) is 29.8 Å². The molecule has 0 heterocycles. The molecule has 4 amide bonds. The van der Waals surface area contributed by atoms with Crippen molar-refractivity contribution >= 4 is 35.6 Å². The van der Waals surface area contributed by atoms with Crippen LogP contribution >= 0.6 is 0 Å². The topological polar surface area (TPSA) is 278 Å². The average Bonchev–Trinajstić information content (AvgIpc) is 2.83. The third-order valence-electron chi connectivity index (χ3n) is 5.29. The van der Waals surface area contributed by atoms with Crippen molar-refractivity contribution in [2.75, 3.05) is 6.54 Å². The molecule has 0 aliphatic rings. The minimum Gasteiger partial charge on any atom is -0.508 e. The van der Waals surface area contributed by atoms with Crippen LogP contribution < -0.4 is 38.9 Å². The first-order chi connectivity index (χ1) is 17.8. The molecule has 0 spiro atoms. The second-order valence-corrected chi connectivity index (χ2v) is 8.63. The Balaban J connectivity index is 3.13. The third-order valence-corrected chi connectivity index (χ3v) is 5.29. The van der Waals surface area contributed by atoms with Crippen LogP contribution in [-0.2, 0) is 30.4 Å². The van der Waals surface area contributed by atoms with Crippen molar-refractivity contribution in [3.63, 3.8) is 0 Å². The van der Waals surface area contributed by atoms with Crippen LogP contribution in [0.4, 0.5) is 0 Å². The van der Waals surface area contributed by atoms with Gasteiger partial charge in [-0.15, -0.1) is 0 Å². The molecule has 4 unspecified atom stereocenters. The molecule has 1 aromatic rings. The Morgan fingerprint density at radius 1 is 0.868 bits per heavy atom. The number of benzene rings is 1. The molecular formula is C23H36N8O7. The van der Waals surface area contributed by atoms with E-state index in [1.807, 2.05) is 0 Å². The van der Waals surface area contributed by atoms with Crippen LogP contribution in [0.25, 0.3) is 0 Å². The van der Waals surface area contributed by atoms with Crippen LogP contribution in [0.5, 0.6) is 5.75 Å². The van der Waals surface area contributed by atoms with E-state index in [-0.39, 0.29) is 50.4 Å². The SMILES string of the molecule is CC(N)C(=O)NC(Cc1ccc(O)cc1)C(=O)NC(CCCN=C(N)N)C(=O)NC(CCC(N)=O)C(=O)O. The van der Waals surface area contributed by atoms with Gasteiger partial charge < -0.3 is 49.1 Å². The molecule has 13 N–H and O–H groups in total. The lowest BCUT2D eigenvalue weighted by atomic mass is 10.0. The number of phenols is 1. The number of guanidine groups is 1. The number of hydrogen-bond donors (Lipinski definition) is 9. The highest BCUT2D eigenvalue weighted by Crippen LogP contribution is 2.12. The van der Waals surface area contributed by atoms with Crippen LogP contribution in [0.2, 0.25) is 0 Å². The number of amides is 4. The van der Waals surface area contributed by atoms with E-state index in [2.05, 4.69) is 20.9 Å². The maximum absolute atomic E-state index is 13.2. The van der Waals surface area contributed by atoms with Gasteiger partial charge in [-0.05, 0) is 43.9 Å². The lowest BCUT2D eigenvalue weighted by molar-refractivity contribution is -0.142. The Morgan fingerprint density at radius 2 is 1.42 bits per heavy atom. The number of carboxylic acid groups (broad SMARTS) is 1. The molecule has 210 valence electrons. The first-order valence-corrected chi connectivity index (χ1v) is 11.8. The summed E-state index contributed by atoms with van der Waals surface area (Å²) in [4.78, 5) is 64.9. The number of carbonyl (C=O) groups excluding carboxylic acids is 4. The van der Waals surface area contributed by atoms with Gasteiger partial charge in [0.05, 0.1) is 6.04 Å². The van der Waals surface area contributed by atoms with Crippen molar-refractivity contribution in [1.29, 1.82) is 0 Å². The zero-order chi connectivity index (χ0) is 28.8. The number of carboxylic acids is 1. The number of nitrogens with zero attached hydrogens (tertiary/aromatic N) is 1. The Kier molecular flexibility index (Phi) is 13.0. The van der Waals surface area contributed by atoms with Crippen LogP contribution in [-0.4, -0.2) is 76.5 Å². The van der Waals surface area contributed by atoms with Gasteiger partial charge in [-0.1, -0.05) is 12.1 Å². The molecule has 4 atom stereocenters. The molecule has 38 heavy (non-hydrogen) atoms. The van der Waals surface area contributed by atoms with E-state index < -0.39 is 53.8 Å². The van der Waals surface area contributed by atoms with E-state index in [1.165, 1.54) is 19.1 Å². The molecule has 1 aromatic carbocycles. The summed E-state index contributed by atoms with van der Waals surface area (Å²) in [5.41, 5.74) is 21.9. The van der Waals surface area contributed by atoms with Gasteiger partial charge in [0, 0.05) is 19.4 Å². The number of hydrogen-bond acceptors (Lipinski definition) is 8. The Hall–Kier alpha value is -4.40. The summed E-state index contributed by atoms with van der Waals surface area (Å²) < 4.78 is 0. The van der Waals surface area contributed by atoms with Gasteiger partial charge in [0.15, 0.2) is 5.96 Å². The number of nitrogens with one attached hydrogen (secondary N) is 3. The van der Waals surface area contributed by atoms with Crippen molar-refractivity contribution in [3.8, 4) is 5.75 Å². The number of aromatic hydroxyl groups is 1. The van der Waals surface area contributed by atoms with E-state index in [1.54, 1.807) is 12.1 Å². The standard InChI is InChI=1S/C23H36N8O7/c1-12(24)19(34)31-17(11-13-4-6-14(32)7-5-13)21(36)29-15(3-2-10-28-23(26)27)20(35)30-16(22(37)38)8-9-18(25)33/h4-7,12,15-17,32H,2-3,8-11,24H2,1H3,(H2,25,33)(H,29,36)(H,30,35)(H,31,34)(H,37,38)(H4,26,27,28). The second kappa shape index (κ2) is 15.7. The number of primary amides is 1. The van der Waals surface area contributed by atoms with E-state index in [0.717, 1.165) is 0 Å². The number of nitrogens with two attached hydrogens (primary N) is 4. The number of aliphatic imine (C=N–C) groups is 1. The summed E-state index contributed by atoms with van der Waals surface area (Å²) in [5.74, 6) is -4.47. The number of phenolic OH excluding ortho intramolecular Hbond substituents is 1. The van der Waals surface area contributed by atoms with Gasteiger partial charge in [0.2, 0.25) is 23.6 Å². The maximum Gasteiger partial charge on any atom is 0.326 e. The Labute approximate surface area is 219 Å². The quantitative estimate of drug-likeness (QED) is 0.0591. The van der Waals surface area contributed by atoms with E-state index in [4.69, 9.17) is 22.9 Å². The largest absolute Gasteiger partial charge is 0.508 e. The molecule has 0 aliphatic carbocycles. The van der Waals surface area contributed by atoms with E-state index >= 15 is 0 Å². The zero-order valence-corrected chi connectivity index (χ0v) is 21.1. The molecule has 0 aliphatic heterocycles. The Bertz CT molecular complexity index is 1010. The molecule has 15 heteroatoms. The van der Waals surface area contributed by atoms with Gasteiger partial charge in [-0.25, -0.2) is 4.79 Å². The normalized spacial score (nSPS) is 13.7. The fraction of sp³-hybridized carbons (Fsp3) is 0.478. The molecule has 0 bridgehead atoms. The summed E-state index contributed by atoms with van der Waals surface area (Å²) in [5, 5.41) is 26.3. The lowest BCUT2D eigenvalue weighted by Gasteiger charge is -2.25. The van der Waals surface area contributed by atoms with E-state index in [0.29, 0.717) is 5.56 Å². The lowest BCUT2D eigenvalue weighted by Crippen LogP contribution is -2.57. The van der Waals surface area contributed by atoms with Crippen molar-refractivity contribution < 1.29 is 34.2 Å². The van der Waals surface area contributed by atoms with Crippen LogP contribution in [0.15, 0.2) is 29.3 Å². The maximum atomic E-state index is 13.2. The molecule has 0 radical (unpaired) electrons. The first kappa shape index (κ1) is 31.6. The molecular weight excluding hydrogens is 500 g/mol. The summed E-state index contributed by atoms with van der Waals surface area (Å²) in [7, 11) is 0. The van der Waals surface area contributed by atoms with Gasteiger partial charge >= 0.3 is 5.97 Å². The van der Waals surface area contributed by atoms with Crippen LogP contribution in [0.3, 0.4) is 0 Å². The number of rotatable bonds is 16. The van der Waals surface area contributed by atoms with Gasteiger partial charge in [-0.2, -0.15) is 0 Å². The molecule has 15 nitrogen and oxygen atoms in total. The fourth-order valence-electron chi connectivity index (χ4n) is 3.24. The summed E-state index contributed by atoms with van der Waals surface area (Å²) in [6, 6.07) is 1.19. The number of carbonyl (C=O) groups is 5. The molecule has 0 fully saturated rings. The highest BCUT2D eigenvalue weighted by Gasteiger charge is 2.30. The first-order valence-electron chi connectivity index (χ1n) is 11.8. The minimum atomic E-state index is -1.43. The van der Waals surface area contributed by atoms with Gasteiger partial charge in [0.25, 0.3) is 0 Å². The minimum absolute atomic E-state index is 0.00325. The fourth-order valence-corrected chi connectivity index (χ4v) is 3.24. The summed E-state index contributed by atoms with van der Waals surface area (Å²) in [6.07, 6.45) is -0.271. The smallest absolute Gasteiger partial charge is 0.326 e. The summed E-state index contributed by atoms with van der Waals surface area (Å²) >= 11 is 0. The zero-order valence-electron chi connectivity index (χ0n) is 21.1. The van der Waals surface area contributed by atoms with Crippen LogP contribution in [0, 0.1) is 0 Å². The monoisotopic (exact) mass is 536 g/mol. The second-order valence-electron chi connectivity index (χ2n) is 8.63. The van der Waals surface area contributed by atoms with Gasteiger partial charge in [-0.3, -0.25) is 24.2 Å². The predicted octanol–water partition coefficient (Wildman–Crippen LogP) is -2.86. The third kappa shape index (κ3) is 12.0. The van der Waals surface area contributed by atoms with Crippen molar-refractivity contribution in [2.45, 2.75) is 63.2 Å². The van der Waals surface area contributed by atoms with Crippen molar-refractivity contribution in [1.82, 2.24) is 16.0 Å². The highest BCUT2D eigenvalue weighted by molar-refractivity contribution is 5.94. The van der Waals surface area contributed by atoms with E-state index in [9.17, 15) is 34.2 Å². The van der Waals surface area contributed by atoms with Crippen molar-refractivity contribution in [2.24, 2.45) is 27.9 Å². The highest BCUT2D eigenvalue weighted by atomic mass is 16.4. The van der Waals surface area contributed by atoms with Crippen LogP contribution in [0.1, 0.15) is 38.2 Å². The molecule has 0 aromatic heterocycles. The molecule has 1 rings (SSSR count). The summed E-state index contributed by atoms with van der Waals surface area (Å²) in [6.45, 7) is 1.56.